The van der Waals surface area contributed by atoms with Gasteiger partial charge in [-0.05, 0) is 24.7 Å². The number of carbonyl (C=O) groups is 1. The van der Waals surface area contributed by atoms with E-state index >= 15 is 0 Å². The van der Waals surface area contributed by atoms with E-state index in [1.807, 2.05) is 48.7 Å². The molecule has 1 aromatic heterocycles. The Bertz CT molecular complexity index is 974. The summed E-state index contributed by atoms with van der Waals surface area (Å²) in [5.74, 6) is 1.28. The maximum Gasteiger partial charge on any atom is 0.232 e. The SMILES string of the molecule is CN1CCN(c2ncc(Sc3ccc(C=O)cc3)c(OCc3ccccc3)n2)CC1. The second-order valence-corrected chi connectivity index (χ2v) is 8.31. The first-order valence-electron chi connectivity index (χ1n) is 9.91. The molecule has 3 aromatic rings. The molecule has 0 bridgehead atoms. The number of rotatable bonds is 7. The Morgan fingerprint density at radius 1 is 1.03 bits per heavy atom. The number of carbonyl (C=O) groups excluding carboxylic acids is 1. The highest BCUT2D eigenvalue weighted by Gasteiger charge is 2.19. The third-order valence-electron chi connectivity index (χ3n) is 4.96. The normalized spacial score (nSPS) is 14.5. The molecule has 1 saturated heterocycles. The van der Waals surface area contributed by atoms with E-state index in [1.165, 1.54) is 11.8 Å². The molecule has 1 aliphatic heterocycles. The smallest absolute Gasteiger partial charge is 0.232 e. The van der Waals surface area contributed by atoms with Crippen molar-refractivity contribution in [3.63, 3.8) is 0 Å². The lowest BCUT2D eigenvalue weighted by atomic mass is 10.2. The minimum Gasteiger partial charge on any atom is -0.472 e. The maximum atomic E-state index is 10.9. The van der Waals surface area contributed by atoms with Crippen molar-refractivity contribution < 1.29 is 9.53 Å². The van der Waals surface area contributed by atoms with Crippen LogP contribution in [0, 0.1) is 0 Å². The van der Waals surface area contributed by atoms with E-state index in [2.05, 4.69) is 21.8 Å². The number of ether oxygens (including phenoxy) is 1. The highest BCUT2D eigenvalue weighted by Crippen LogP contribution is 2.35. The molecule has 0 atom stereocenters. The monoisotopic (exact) mass is 420 g/mol. The van der Waals surface area contributed by atoms with Gasteiger partial charge in [-0.1, -0.05) is 54.2 Å². The Kier molecular flexibility index (Phi) is 6.61. The molecule has 1 fully saturated rings. The molecule has 0 N–H and O–H groups in total. The Labute approximate surface area is 180 Å². The van der Waals surface area contributed by atoms with Gasteiger partial charge in [0, 0.05) is 36.6 Å². The molecular formula is C23H24N4O2S. The van der Waals surface area contributed by atoms with Crippen LogP contribution in [0.5, 0.6) is 5.88 Å². The van der Waals surface area contributed by atoms with Gasteiger partial charge in [-0.3, -0.25) is 4.79 Å². The summed E-state index contributed by atoms with van der Waals surface area (Å²) in [6, 6.07) is 17.5. The number of likely N-dealkylation sites (N-methyl/N-ethyl adjacent to an activating group) is 1. The van der Waals surface area contributed by atoms with E-state index in [4.69, 9.17) is 9.72 Å². The van der Waals surface area contributed by atoms with Crippen molar-refractivity contribution in [3.05, 3.63) is 71.9 Å². The van der Waals surface area contributed by atoms with Crippen LogP contribution in [0.2, 0.25) is 0 Å². The number of nitrogens with zero attached hydrogens (tertiary/aromatic N) is 4. The molecule has 0 saturated carbocycles. The van der Waals surface area contributed by atoms with Crippen molar-refractivity contribution in [2.24, 2.45) is 0 Å². The van der Waals surface area contributed by atoms with Gasteiger partial charge in [-0.25, -0.2) is 4.98 Å². The predicted molar refractivity (Wildman–Crippen MR) is 118 cm³/mol. The van der Waals surface area contributed by atoms with Crippen molar-refractivity contribution in [2.75, 3.05) is 38.1 Å². The first-order chi connectivity index (χ1) is 14.7. The highest BCUT2D eigenvalue weighted by molar-refractivity contribution is 7.99. The largest absolute Gasteiger partial charge is 0.472 e. The molecule has 2 heterocycles. The van der Waals surface area contributed by atoms with Crippen molar-refractivity contribution in [2.45, 2.75) is 16.4 Å². The van der Waals surface area contributed by atoms with E-state index in [1.54, 1.807) is 12.1 Å². The fourth-order valence-corrected chi connectivity index (χ4v) is 3.97. The molecule has 0 radical (unpaired) electrons. The zero-order valence-electron chi connectivity index (χ0n) is 16.9. The van der Waals surface area contributed by atoms with Gasteiger partial charge in [-0.15, -0.1) is 0 Å². The fourth-order valence-electron chi connectivity index (χ4n) is 3.15. The summed E-state index contributed by atoms with van der Waals surface area (Å²) in [5, 5.41) is 0. The van der Waals surface area contributed by atoms with Crippen molar-refractivity contribution in [1.29, 1.82) is 0 Å². The molecule has 6 nitrogen and oxygen atoms in total. The minimum absolute atomic E-state index is 0.442. The van der Waals surface area contributed by atoms with Crippen molar-refractivity contribution in [3.8, 4) is 5.88 Å². The quantitative estimate of drug-likeness (QED) is 0.539. The second-order valence-electron chi connectivity index (χ2n) is 7.19. The molecular weight excluding hydrogens is 396 g/mol. The van der Waals surface area contributed by atoms with Gasteiger partial charge in [0.05, 0.1) is 11.1 Å². The molecule has 0 aliphatic carbocycles. The lowest BCUT2D eigenvalue weighted by Crippen LogP contribution is -2.45. The summed E-state index contributed by atoms with van der Waals surface area (Å²) in [4.78, 5) is 26.6. The van der Waals surface area contributed by atoms with E-state index in [-0.39, 0.29) is 0 Å². The Morgan fingerprint density at radius 3 is 2.47 bits per heavy atom. The van der Waals surface area contributed by atoms with Gasteiger partial charge in [0.1, 0.15) is 12.9 Å². The van der Waals surface area contributed by atoms with E-state index < -0.39 is 0 Å². The summed E-state index contributed by atoms with van der Waals surface area (Å²) in [6.07, 6.45) is 2.68. The first-order valence-corrected chi connectivity index (χ1v) is 10.7. The van der Waals surface area contributed by atoms with Crippen LogP contribution in [0.4, 0.5) is 5.95 Å². The highest BCUT2D eigenvalue weighted by atomic mass is 32.2. The Hall–Kier alpha value is -2.90. The van der Waals surface area contributed by atoms with Crippen LogP contribution < -0.4 is 9.64 Å². The van der Waals surface area contributed by atoms with Crippen LogP contribution in [-0.4, -0.2) is 54.4 Å². The number of aromatic nitrogens is 2. The number of benzene rings is 2. The average molecular weight is 421 g/mol. The van der Waals surface area contributed by atoms with Crippen molar-refractivity contribution in [1.82, 2.24) is 14.9 Å². The van der Waals surface area contributed by atoms with E-state index in [0.717, 1.165) is 47.8 Å². The summed E-state index contributed by atoms with van der Waals surface area (Å²) < 4.78 is 6.13. The maximum absolute atomic E-state index is 10.9. The minimum atomic E-state index is 0.442. The third-order valence-corrected chi connectivity index (χ3v) is 5.97. The standard InChI is InChI=1S/C23H24N4O2S/c1-26-11-13-27(14-12-26)23-24-15-21(30-20-9-7-18(16-28)8-10-20)22(25-23)29-17-19-5-3-2-4-6-19/h2-10,15-16H,11-14,17H2,1H3. The lowest BCUT2D eigenvalue weighted by Gasteiger charge is -2.32. The molecule has 0 amide bonds. The van der Waals surface area contributed by atoms with Crippen molar-refractivity contribution >= 4 is 24.0 Å². The van der Waals surface area contributed by atoms with Gasteiger partial charge >= 0.3 is 0 Å². The third kappa shape index (κ3) is 5.17. The van der Waals surface area contributed by atoms with Crippen LogP contribution in [0.15, 0.2) is 70.6 Å². The number of piperazine rings is 1. The van der Waals surface area contributed by atoms with E-state index in [0.29, 0.717) is 24.0 Å². The van der Waals surface area contributed by atoms with Gasteiger partial charge in [0.25, 0.3) is 0 Å². The van der Waals surface area contributed by atoms with Gasteiger partial charge < -0.3 is 14.5 Å². The van der Waals surface area contributed by atoms with Crippen LogP contribution in [0.25, 0.3) is 0 Å². The topological polar surface area (TPSA) is 58.6 Å². The summed E-state index contributed by atoms with van der Waals surface area (Å²) in [6.45, 7) is 4.21. The molecule has 0 unspecified atom stereocenters. The molecule has 154 valence electrons. The lowest BCUT2D eigenvalue weighted by molar-refractivity contribution is 0.112. The van der Waals surface area contributed by atoms with Gasteiger partial charge in [-0.2, -0.15) is 4.98 Å². The molecule has 2 aromatic carbocycles. The molecule has 0 spiro atoms. The zero-order chi connectivity index (χ0) is 20.8. The number of anilines is 1. The number of aldehydes is 1. The van der Waals surface area contributed by atoms with Crippen LogP contribution >= 0.6 is 11.8 Å². The number of hydrogen-bond donors (Lipinski definition) is 0. The summed E-state index contributed by atoms with van der Waals surface area (Å²) in [7, 11) is 2.13. The summed E-state index contributed by atoms with van der Waals surface area (Å²) in [5.41, 5.74) is 1.74. The fraction of sp³-hybridized carbons (Fsp3) is 0.261. The zero-order valence-corrected chi connectivity index (χ0v) is 17.7. The van der Waals surface area contributed by atoms with Crippen LogP contribution in [0.3, 0.4) is 0 Å². The predicted octanol–water partition coefficient (Wildman–Crippen LogP) is 3.77. The second kappa shape index (κ2) is 9.73. The van der Waals surface area contributed by atoms with Crippen LogP contribution in [-0.2, 0) is 6.61 Å². The number of hydrogen-bond acceptors (Lipinski definition) is 7. The molecule has 30 heavy (non-hydrogen) atoms. The average Bonchev–Trinajstić information content (AvgIpc) is 2.80. The van der Waals surface area contributed by atoms with Crippen LogP contribution in [0.1, 0.15) is 15.9 Å². The Morgan fingerprint density at radius 2 is 1.77 bits per heavy atom. The van der Waals surface area contributed by atoms with E-state index in [9.17, 15) is 4.79 Å². The first kappa shape index (κ1) is 20.4. The van der Waals surface area contributed by atoms with Gasteiger partial charge in [0.2, 0.25) is 11.8 Å². The molecule has 7 heteroatoms. The summed E-state index contributed by atoms with van der Waals surface area (Å²) >= 11 is 1.53. The van der Waals surface area contributed by atoms with Gasteiger partial charge in [0.15, 0.2) is 0 Å². The Balaban J connectivity index is 1.57. The molecule has 4 rings (SSSR count). The molecule has 1 aliphatic rings.